The van der Waals surface area contributed by atoms with Crippen LogP contribution in [0.3, 0.4) is 0 Å². The molecule has 0 N–H and O–H groups in total. The quantitative estimate of drug-likeness (QED) is 0.535. The molecule has 1 spiro atoms. The molecular formula is C15H26. The average Bonchev–Trinajstić information content (AvgIpc) is 2.36. The highest BCUT2D eigenvalue weighted by molar-refractivity contribution is 5.08. The van der Waals surface area contributed by atoms with E-state index in [1.165, 1.54) is 32.1 Å². The highest BCUT2D eigenvalue weighted by atomic mass is 14.6. The number of fused-ring (bicyclic) bond motifs is 1. The third-order valence-corrected chi connectivity index (χ3v) is 6.22. The molecule has 0 amide bonds. The Balaban J connectivity index is 1.95. The summed E-state index contributed by atoms with van der Waals surface area (Å²) in [5.41, 5.74) is 2.17. The van der Waals surface area contributed by atoms with Gasteiger partial charge in [0.25, 0.3) is 0 Å². The molecule has 3 aliphatic rings. The van der Waals surface area contributed by atoms with Gasteiger partial charge in [0, 0.05) is 0 Å². The van der Waals surface area contributed by atoms with Crippen LogP contribution in [0.2, 0.25) is 0 Å². The summed E-state index contributed by atoms with van der Waals surface area (Å²) in [6.45, 7) is 7.63. The van der Waals surface area contributed by atoms with Gasteiger partial charge in [-0.3, -0.25) is 0 Å². The topological polar surface area (TPSA) is 0 Å². The van der Waals surface area contributed by atoms with Crippen molar-refractivity contribution in [2.75, 3.05) is 0 Å². The second-order valence-corrected chi connectivity index (χ2v) is 7.78. The van der Waals surface area contributed by atoms with Crippen LogP contribution in [0.25, 0.3) is 0 Å². The maximum atomic E-state index is 2.56. The average molecular weight is 206 g/mol. The molecule has 0 unspecified atom stereocenters. The Morgan fingerprint density at radius 1 is 0.867 bits per heavy atom. The molecule has 0 heteroatoms. The highest BCUT2D eigenvalue weighted by Gasteiger charge is 2.58. The van der Waals surface area contributed by atoms with Crippen LogP contribution in [0, 0.1) is 22.2 Å². The van der Waals surface area contributed by atoms with Gasteiger partial charge >= 0.3 is 0 Å². The van der Waals surface area contributed by atoms with Gasteiger partial charge in [0.15, 0.2) is 0 Å². The van der Waals surface area contributed by atoms with Gasteiger partial charge in [0.2, 0.25) is 0 Å². The highest BCUT2D eigenvalue weighted by Crippen LogP contribution is 2.68. The first-order valence-electron chi connectivity index (χ1n) is 6.96. The SMILES string of the molecule is CC1(C)CC[C@]23CCC[C@](C)(CC[C@@H]12)C3. The summed E-state index contributed by atoms with van der Waals surface area (Å²) in [6.07, 6.45) is 12.2. The standard InChI is InChI=1S/C15H26/c1-13(2)9-10-15-7-4-6-14(3,11-15)8-5-12(13)15/h12H,4-11H2,1-3H3/t12-,14+,15-/m0/s1. The van der Waals surface area contributed by atoms with Gasteiger partial charge in [-0.15, -0.1) is 0 Å². The van der Waals surface area contributed by atoms with Gasteiger partial charge in [-0.05, 0) is 67.1 Å². The van der Waals surface area contributed by atoms with Crippen molar-refractivity contribution in [2.45, 2.75) is 72.1 Å². The summed E-state index contributed by atoms with van der Waals surface area (Å²) in [6, 6.07) is 0. The van der Waals surface area contributed by atoms with E-state index in [0.717, 1.165) is 16.7 Å². The molecule has 3 aliphatic carbocycles. The Morgan fingerprint density at radius 3 is 2.47 bits per heavy atom. The molecule has 0 saturated heterocycles. The van der Waals surface area contributed by atoms with Crippen molar-refractivity contribution in [1.29, 1.82) is 0 Å². The van der Waals surface area contributed by atoms with Crippen molar-refractivity contribution in [3.63, 3.8) is 0 Å². The molecule has 0 heterocycles. The first-order chi connectivity index (χ1) is 6.96. The molecule has 3 saturated carbocycles. The van der Waals surface area contributed by atoms with Gasteiger partial charge in [-0.1, -0.05) is 27.2 Å². The number of rotatable bonds is 0. The van der Waals surface area contributed by atoms with Gasteiger partial charge < -0.3 is 0 Å². The summed E-state index contributed by atoms with van der Waals surface area (Å²) < 4.78 is 0. The van der Waals surface area contributed by atoms with E-state index in [0.29, 0.717) is 5.41 Å². The van der Waals surface area contributed by atoms with E-state index in [4.69, 9.17) is 0 Å². The van der Waals surface area contributed by atoms with Crippen LogP contribution in [0.1, 0.15) is 72.1 Å². The first kappa shape index (κ1) is 10.2. The summed E-state index contributed by atoms with van der Waals surface area (Å²) in [5.74, 6) is 1.05. The second-order valence-electron chi connectivity index (χ2n) is 7.78. The van der Waals surface area contributed by atoms with Crippen LogP contribution in [-0.2, 0) is 0 Å². The van der Waals surface area contributed by atoms with Gasteiger partial charge in [0.1, 0.15) is 0 Å². The maximum absolute atomic E-state index is 2.56. The first-order valence-corrected chi connectivity index (χ1v) is 6.96. The van der Waals surface area contributed by atoms with E-state index < -0.39 is 0 Å². The van der Waals surface area contributed by atoms with E-state index in [1.54, 1.807) is 19.3 Å². The predicted octanol–water partition coefficient (Wildman–Crippen LogP) is 4.78. The molecule has 3 rings (SSSR count). The summed E-state index contributed by atoms with van der Waals surface area (Å²) in [4.78, 5) is 0. The van der Waals surface area contributed by atoms with Crippen molar-refractivity contribution in [1.82, 2.24) is 0 Å². The van der Waals surface area contributed by atoms with Gasteiger partial charge in [-0.2, -0.15) is 0 Å². The fourth-order valence-corrected chi connectivity index (χ4v) is 5.56. The lowest BCUT2D eigenvalue weighted by molar-refractivity contribution is -0.0440. The van der Waals surface area contributed by atoms with E-state index >= 15 is 0 Å². The van der Waals surface area contributed by atoms with Crippen LogP contribution in [0.15, 0.2) is 0 Å². The molecule has 0 nitrogen and oxygen atoms in total. The zero-order valence-electron chi connectivity index (χ0n) is 10.7. The molecular weight excluding hydrogens is 180 g/mol. The maximum Gasteiger partial charge on any atom is -0.0259 e. The van der Waals surface area contributed by atoms with Crippen molar-refractivity contribution in [3.05, 3.63) is 0 Å². The second kappa shape index (κ2) is 2.81. The van der Waals surface area contributed by atoms with Crippen LogP contribution in [-0.4, -0.2) is 0 Å². The smallest absolute Gasteiger partial charge is 0.0259 e. The minimum atomic E-state index is 0.651. The van der Waals surface area contributed by atoms with Crippen molar-refractivity contribution in [2.24, 2.45) is 22.2 Å². The Kier molecular flexibility index (Phi) is 1.91. The summed E-state index contributed by atoms with van der Waals surface area (Å²) in [7, 11) is 0. The van der Waals surface area contributed by atoms with Crippen molar-refractivity contribution < 1.29 is 0 Å². The monoisotopic (exact) mass is 206 g/mol. The lowest BCUT2D eigenvalue weighted by atomic mass is 9.50. The van der Waals surface area contributed by atoms with Crippen molar-refractivity contribution in [3.8, 4) is 0 Å². The molecule has 3 fully saturated rings. The number of hydrogen-bond acceptors (Lipinski definition) is 0. The Hall–Kier alpha value is 0. The molecule has 0 aromatic rings. The molecule has 15 heavy (non-hydrogen) atoms. The minimum absolute atomic E-state index is 0.651. The predicted molar refractivity (Wildman–Crippen MR) is 64.7 cm³/mol. The lowest BCUT2D eigenvalue weighted by Gasteiger charge is -2.55. The molecule has 86 valence electrons. The van der Waals surface area contributed by atoms with E-state index in [1.807, 2.05) is 0 Å². The lowest BCUT2D eigenvalue weighted by Crippen LogP contribution is -2.44. The third kappa shape index (κ3) is 1.33. The summed E-state index contributed by atoms with van der Waals surface area (Å²) in [5, 5.41) is 0. The van der Waals surface area contributed by atoms with Crippen LogP contribution < -0.4 is 0 Å². The molecule has 3 atom stereocenters. The molecule has 2 bridgehead atoms. The van der Waals surface area contributed by atoms with Crippen molar-refractivity contribution >= 4 is 0 Å². The Labute approximate surface area is 94.8 Å². The fraction of sp³-hybridized carbons (Fsp3) is 1.00. The molecule has 0 aliphatic heterocycles. The molecule has 0 aromatic carbocycles. The number of hydrogen-bond donors (Lipinski definition) is 0. The minimum Gasteiger partial charge on any atom is -0.0596 e. The largest absolute Gasteiger partial charge is 0.0596 e. The Morgan fingerprint density at radius 2 is 1.67 bits per heavy atom. The summed E-state index contributed by atoms with van der Waals surface area (Å²) >= 11 is 0. The van der Waals surface area contributed by atoms with E-state index in [-0.39, 0.29) is 0 Å². The van der Waals surface area contributed by atoms with Crippen LogP contribution in [0.4, 0.5) is 0 Å². The zero-order valence-corrected chi connectivity index (χ0v) is 10.7. The Bertz CT molecular complexity index is 278. The van der Waals surface area contributed by atoms with Gasteiger partial charge in [-0.25, -0.2) is 0 Å². The normalized spacial score (nSPS) is 52.6. The molecule has 0 radical (unpaired) electrons. The van der Waals surface area contributed by atoms with E-state index in [9.17, 15) is 0 Å². The third-order valence-electron chi connectivity index (χ3n) is 6.22. The molecule has 0 aromatic heterocycles. The fourth-order valence-electron chi connectivity index (χ4n) is 5.56. The van der Waals surface area contributed by atoms with Gasteiger partial charge in [0.05, 0.1) is 0 Å². The van der Waals surface area contributed by atoms with Crippen LogP contribution in [0.5, 0.6) is 0 Å². The zero-order chi connectivity index (χ0) is 10.7. The van der Waals surface area contributed by atoms with E-state index in [2.05, 4.69) is 20.8 Å². The van der Waals surface area contributed by atoms with Crippen LogP contribution >= 0.6 is 0 Å².